The fourth-order valence-electron chi connectivity index (χ4n) is 4.57. The molecule has 2 N–H and O–H groups in total. The van der Waals surface area contributed by atoms with E-state index in [-0.39, 0.29) is 17.3 Å². The Morgan fingerprint density at radius 3 is 2.44 bits per heavy atom. The molecule has 41 heavy (non-hydrogen) atoms. The first kappa shape index (κ1) is 28.2. The summed E-state index contributed by atoms with van der Waals surface area (Å²) in [4.78, 5) is 28.2. The third-order valence-electron chi connectivity index (χ3n) is 6.78. The molecular weight excluding hydrogens is 544 g/mol. The van der Waals surface area contributed by atoms with Crippen LogP contribution in [-0.2, 0) is 23.4 Å². The van der Waals surface area contributed by atoms with Gasteiger partial charge in [-0.2, -0.15) is 5.10 Å². The van der Waals surface area contributed by atoms with Gasteiger partial charge in [-0.15, -0.1) is 0 Å². The summed E-state index contributed by atoms with van der Waals surface area (Å²) in [5.74, 6) is 2.48. The zero-order valence-electron chi connectivity index (χ0n) is 23.2. The summed E-state index contributed by atoms with van der Waals surface area (Å²) in [6.07, 6.45) is 5.26. The Morgan fingerprint density at radius 2 is 1.78 bits per heavy atom. The number of carbonyl (C=O) groups excluding carboxylic acids is 1. The number of aromatic nitrogens is 5. The van der Waals surface area contributed by atoms with Crippen molar-refractivity contribution in [2.24, 2.45) is 7.05 Å². The third kappa shape index (κ3) is 6.69. The van der Waals surface area contributed by atoms with Crippen LogP contribution in [0.3, 0.4) is 0 Å². The van der Waals surface area contributed by atoms with Crippen molar-refractivity contribution in [3.05, 3.63) is 66.2 Å². The van der Waals surface area contributed by atoms with E-state index in [4.69, 9.17) is 4.74 Å². The van der Waals surface area contributed by atoms with E-state index < -0.39 is 9.84 Å². The molecule has 4 heterocycles. The van der Waals surface area contributed by atoms with Crippen molar-refractivity contribution in [1.82, 2.24) is 29.6 Å². The van der Waals surface area contributed by atoms with E-state index in [0.29, 0.717) is 71.8 Å². The fraction of sp³-hybridized carbons (Fsp3) is 0.321. The topological polar surface area (TPSA) is 144 Å². The van der Waals surface area contributed by atoms with E-state index >= 15 is 0 Å². The average Bonchev–Trinajstić information content (AvgIpc) is 3.41. The highest BCUT2D eigenvalue weighted by Gasteiger charge is 2.22. The van der Waals surface area contributed by atoms with E-state index in [0.717, 1.165) is 5.56 Å². The Bertz CT molecular complexity index is 1640. The molecule has 0 radical (unpaired) electrons. The maximum atomic E-state index is 12.8. The van der Waals surface area contributed by atoms with Crippen LogP contribution in [0.2, 0.25) is 0 Å². The lowest BCUT2D eigenvalue weighted by Gasteiger charge is -2.26. The molecule has 0 unspecified atom stereocenters. The number of hydrogen-bond donors (Lipinski definition) is 2. The number of sulfone groups is 1. The molecule has 5 rings (SSSR count). The molecule has 0 amide bonds. The van der Waals surface area contributed by atoms with Crippen LogP contribution in [0.1, 0.15) is 29.3 Å². The van der Waals surface area contributed by atoms with Crippen LogP contribution in [-0.4, -0.2) is 75.5 Å². The number of aryl methyl sites for hydroxylation is 1. The molecule has 12 nitrogen and oxygen atoms in total. The molecule has 0 spiro atoms. The van der Waals surface area contributed by atoms with Crippen molar-refractivity contribution >= 4 is 38.6 Å². The minimum Gasteiger partial charge on any atom is -0.494 e. The molecule has 214 valence electrons. The second kappa shape index (κ2) is 12.0. The smallest absolute Gasteiger partial charge is 0.184 e. The van der Waals surface area contributed by atoms with Gasteiger partial charge < -0.3 is 15.4 Å². The van der Waals surface area contributed by atoms with Gasteiger partial charge in [0, 0.05) is 51.6 Å². The Morgan fingerprint density at radius 1 is 1.00 bits per heavy atom. The number of benzene rings is 1. The fourth-order valence-corrected chi connectivity index (χ4v) is 5.85. The first-order valence-corrected chi connectivity index (χ1v) is 15.0. The molecule has 4 aromatic rings. The van der Waals surface area contributed by atoms with E-state index in [1.54, 1.807) is 50.6 Å². The largest absolute Gasteiger partial charge is 0.494 e. The normalized spacial score (nSPS) is 14.9. The highest BCUT2D eigenvalue weighted by Crippen LogP contribution is 2.37. The van der Waals surface area contributed by atoms with Crippen LogP contribution in [0.15, 0.2) is 55.1 Å². The number of pyridine rings is 2. The average molecular weight is 577 g/mol. The Balaban J connectivity index is 1.36. The lowest BCUT2D eigenvalue weighted by atomic mass is 10.1. The van der Waals surface area contributed by atoms with Crippen LogP contribution in [0.25, 0.3) is 11.4 Å². The van der Waals surface area contributed by atoms with Crippen molar-refractivity contribution in [2.45, 2.75) is 19.9 Å². The second-order valence-electron chi connectivity index (χ2n) is 9.75. The molecule has 1 fully saturated rings. The molecular formula is C28H32N8O4S. The van der Waals surface area contributed by atoms with Gasteiger partial charge >= 0.3 is 0 Å². The number of anilines is 4. The highest BCUT2D eigenvalue weighted by molar-refractivity contribution is 7.91. The maximum Gasteiger partial charge on any atom is 0.184 e. The van der Waals surface area contributed by atoms with Gasteiger partial charge in [-0.1, -0.05) is 19.1 Å². The zero-order chi connectivity index (χ0) is 29.0. The lowest BCUT2D eigenvalue weighted by molar-refractivity contribution is 0.0988. The summed E-state index contributed by atoms with van der Waals surface area (Å²) in [5.41, 5.74) is 3.37. The first-order valence-electron chi connectivity index (χ1n) is 13.2. The Kier molecular flexibility index (Phi) is 8.26. The lowest BCUT2D eigenvalue weighted by Crippen LogP contribution is -2.39. The SMILES string of the molecule is CCC(=O)c1cnc(Nc2ccc(CN3CCS(=O)(=O)CC3)cn2)cc1Nc1cccc(-c2ncn(C)n2)c1OC. The summed E-state index contributed by atoms with van der Waals surface area (Å²) in [5, 5.41) is 10.9. The minimum absolute atomic E-state index is 0.0546. The summed E-state index contributed by atoms with van der Waals surface area (Å²) in [6, 6.07) is 11.2. The highest BCUT2D eigenvalue weighted by atomic mass is 32.2. The van der Waals surface area contributed by atoms with Crippen molar-refractivity contribution in [3.63, 3.8) is 0 Å². The van der Waals surface area contributed by atoms with Gasteiger partial charge in [0.1, 0.15) is 18.0 Å². The van der Waals surface area contributed by atoms with E-state index in [9.17, 15) is 13.2 Å². The van der Waals surface area contributed by atoms with Crippen molar-refractivity contribution in [3.8, 4) is 17.1 Å². The van der Waals surface area contributed by atoms with Crippen LogP contribution in [0, 0.1) is 0 Å². The molecule has 1 aliphatic rings. The number of carbonyl (C=O) groups is 1. The quantitative estimate of drug-likeness (QED) is 0.267. The van der Waals surface area contributed by atoms with Gasteiger partial charge in [0.2, 0.25) is 0 Å². The van der Waals surface area contributed by atoms with Gasteiger partial charge in [0.05, 0.1) is 41.1 Å². The molecule has 1 saturated heterocycles. The zero-order valence-corrected chi connectivity index (χ0v) is 24.0. The monoisotopic (exact) mass is 576 g/mol. The number of hydrogen-bond acceptors (Lipinski definition) is 11. The predicted octanol–water partition coefficient (Wildman–Crippen LogP) is 3.59. The van der Waals surface area contributed by atoms with E-state index in [2.05, 4.69) is 35.6 Å². The molecule has 0 bridgehead atoms. The number of methoxy groups -OCH3 is 1. The summed E-state index contributed by atoms with van der Waals surface area (Å²) < 4.78 is 30.7. The second-order valence-corrected chi connectivity index (χ2v) is 12.1. The molecule has 0 saturated carbocycles. The van der Waals surface area contributed by atoms with Crippen molar-refractivity contribution in [2.75, 3.05) is 42.3 Å². The third-order valence-corrected chi connectivity index (χ3v) is 8.39. The van der Waals surface area contributed by atoms with Gasteiger partial charge in [-0.3, -0.25) is 14.4 Å². The molecule has 0 aliphatic carbocycles. The first-order chi connectivity index (χ1) is 19.7. The van der Waals surface area contributed by atoms with Crippen LogP contribution >= 0.6 is 0 Å². The Labute approximate surface area is 238 Å². The number of para-hydroxylation sites is 1. The van der Waals surface area contributed by atoms with Gasteiger partial charge in [-0.05, 0) is 23.8 Å². The van der Waals surface area contributed by atoms with Gasteiger partial charge in [0.15, 0.2) is 27.2 Å². The summed E-state index contributed by atoms with van der Waals surface area (Å²) in [6.45, 7) is 3.49. The Hall–Kier alpha value is -4.36. The number of rotatable bonds is 10. The van der Waals surface area contributed by atoms with Crippen LogP contribution in [0.5, 0.6) is 5.75 Å². The van der Waals surface area contributed by atoms with Crippen molar-refractivity contribution in [1.29, 1.82) is 0 Å². The standard InChI is InChI=1S/C28H32N8O4S/c1-4-24(37)21-16-30-26(33-25-9-8-19(15-29-25)17-36-10-12-41(38,39)13-11-36)14-23(21)32-22-7-5-6-20(27(22)40-3)28-31-18-35(2)34-28/h5-9,14-16,18H,4,10-13,17H2,1-3H3,(H2,29,30,32,33). The number of ketones is 1. The molecule has 3 aromatic heterocycles. The number of nitrogens with one attached hydrogen (secondary N) is 2. The molecule has 0 atom stereocenters. The van der Waals surface area contributed by atoms with Crippen molar-refractivity contribution < 1.29 is 17.9 Å². The number of Topliss-reactive ketones (excluding diaryl/α,β-unsaturated/α-hetero) is 1. The number of nitrogens with zero attached hydrogens (tertiary/aromatic N) is 6. The van der Waals surface area contributed by atoms with Crippen LogP contribution in [0.4, 0.5) is 23.0 Å². The number of ether oxygens (including phenoxy) is 1. The summed E-state index contributed by atoms with van der Waals surface area (Å²) >= 11 is 0. The maximum absolute atomic E-state index is 12.8. The van der Waals surface area contributed by atoms with E-state index in [1.165, 1.54) is 0 Å². The molecule has 13 heteroatoms. The minimum atomic E-state index is -2.92. The van der Waals surface area contributed by atoms with Gasteiger partial charge in [-0.25, -0.2) is 23.4 Å². The molecule has 1 aliphatic heterocycles. The summed E-state index contributed by atoms with van der Waals surface area (Å²) in [7, 11) is 0.458. The van der Waals surface area contributed by atoms with E-state index in [1.807, 2.05) is 30.3 Å². The van der Waals surface area contributed by atoms with Gasteiger partial charge in [0.25, 0.3) is 0 Å². The van der Waals surface area contributed by atoms with Crippen LogP contribution < -0.4 is 15.4 Å². The predicted molar refractivity (Wildman–Crippen MR) is 157 cm³/mol. The molecule has 1 aromatic carbocycles.